The van der Waals surface area contributed by atoms with Crippen LogP contribution in [0.2, 0.25) is 0 Å². The lowest BCUT2D eigenvalue weighted by Gasteiger charge is -2.16. The van der Waals surface area contributed by atoms with Gasteiger partial charge in [-0.15, -0.1) is 0 Å². The van der Waals surface area contributed by atoms with Crippen molar-refractivity contribution in [2.45, 2.75) is 24.6 Å². The number of aromatic nitrogens is 2. The van der Waals surface area contributed by atoms with Crippen LogP contribution in [0.4, 0.5) is 4.39 Å². The smallest absolute Gasteiger partial charge is 0.330 e. The normalized spacial score (nSPS) is 31.8. The van der Waals surface area contributed by atoms with Crippen LogP contribution >= 0.6 is 15.9 Å². The Kier molecular flexibility index (Phi) is 3.66. The summed E-state index contributed by atoms with van der Waals surface area (Å²) >= 11 is 2.91. The van der Waals surface area contributed by atoms with Crippen molar-refractivity contribution in [3.63, 3.8) is 0 Å². The first-order valence-corrected chi connectivity index (χ1v) is 5.84. The lowest BCUT2D eigenvalue weighted by molar-refractivity contribution is -0.0538. The lowest BCUT2D eigenvalue weighted by atomic mass is 10.1. The summed E-state index contributed by atoms with van der Waals surface area (Å²) in [5.41, 5.74) is -1.47. The van der Waals surface area contributed by atoms with E-state index >= 15 is 0 Å². The number of nitrogens with one attached hydrogen (secondary N) is 1. The number of halogens is 2. The van der Waals surface area contributed by atoms with E-state index < -0.39 is 42.5 Å². The molecule has 1 aliphatic rings. The minimum Gasteiger partial charge on any atom is -0.394 e. The summed E-state index contributed by atoms with van der Waals surface area (Å²) in [6.07, 6.45) is -4.81. The van der Waals surface area contributed by atoms with E-state index in [9.17, 15) is 19.1 Å². The molecule has 0 bridgehead atoms. The van der Waals surface area contributed by atoms with E-state index in [2.05, 4.69) is 15.9 Å². The molecule has 100 valence electrons. The maximum absolute atomic E-state index is 13.5. The number of aliphatic hydroxyl groups excluding tert-OH is 2. The number of aromatic amines is 1. The van der Waals surface area contributed by atoms with E-state index in [-0.39, 0.29) is 4.47 Å². The minimum absolute atomic E-state index is 0.0424. The van der Waals surface area contributed by atoms with E-state index in [0.29, 0.717) is 0 Å². The summed E-state index contributed by atoms with van der Waals surface area (Å²) in [5, 5.41) is 18.5. The first-order chi connectivity index (χ1) is 8.45. The van der Waals surface area contributed by atoms with Crippen molar-refractivity contribution in [2.24, 2.45) is 0 Å². The molecule has 0 aromatic carbocycles. The topological polar surface area (TPSA) is 105 Å². The van der Waals surface area contributed by atoms with Gasteiger partial charge >= 0.3 is 5.69 Å². The standard InChI is InChI=1S/C9H10BrFN2O5/c10-3-1-13(9(17)12-7(3)16)8-6(15)5(11)4(2-14)18-8/h1,4-6,8,14-15H,2H2,(H,12,16,17)/t4-,5-,6-,8-/m1/s1. The molecule has 9 heteroatoms. The van der Waals surface area contributed by atoms with Gasteiger partial charge in [0.2, 0.25) is 0 Å². The van der Waals surface area contributed by atoms with Crippen molar-refractivity contribution < 1.29 is 19.3 Å². The van der Waals surface area contributed by atoms with E-state index in [1.807, 2.05) is 4.98 Å². The van der Waals surface area contributed by atoms with Gasteiger partial charge in [0.25, 0.3) is 5.56 Å². The average Bonchev–Trinajstić information content (AvgIpc) is 2.61. The molecule has 1 saturated heterocycles. The Morgan fingerprint density at radius 1 is 1.56 bits per heavy atom. The summed E-state index contributed by atoms with van der Waals surface area (Å²) in [7, 11) is 0. The molecular weight excluding hydrogens is 315 g/mol. The number of hydrogen-bond donors (Lipinski definition) is 3. The van der Waals surface area contributed by atoms with Crippen LogP contribution in [0.1, 0.15) is 6.23 Å². The molecule has 0 amide bonds. The Morgan fingerprint density at radius 2 is 2.22 bits per heavy atom. The third-order valence-electron chi connectivity index (χ3n) is 2.67. The number of hydrogen-bond acceptors (Lipinski definition) is 5. The number of ether oxygens (including phenoxy) is 1. The monoisotopic (exact) mass is 324 g/mol. The summed E-state index contributed by atoms with van der Waals surface area (Å²) in [4.78, 5) is 24.7. The zero-order valence-electron chi connectivity index (χ0n) is 8.92. The van der Waals surface area contributed by atoms with Crippen LogP contribution in [-0.2, 0) is 4.74 Å². The summed E-state index contributed by atoms with van der Waals surface area (Å²) in [6.45, 7) is -0.617. The van der Waals surface area contributed by atoms with Crippen molar-refractivity contribution in [3.8, 4) is 0 Å². The highest BCUT2D eigenvalue weighted by molar-refractivity contribution is 9.10. The third-order valence-corrected chi connectivity index (χ3v) is 3.23. The number of alkyl halides is 1. The highest BCUT2D eigenvalue weighted by Gasteiger charge is 2.45. The quantitative estimate of drug-likeness (QED) is 0.639. The van der Waals surface area contributed by atoms with Gasteiger partial charge in [0.05, 0.1) is 11.1 Å². The predicted octanol–water partition coefficient (Wildman–Crippen LogP) is -1.11. The molecule has 0 unspecified atom stereocenters. The molecule has 0 radical (unpaired) electrons. The largest absolute Gasteiger partial charge is 0.394 e. The molecule has 1 aromatic rings. The van der Waals surface area contributed by atoms with Crippen LogP contribution in [0.5, 0.6) is 0 Å². The second-order valence-electron chi connectivity index (χ2n) is 3.83. The molecule has 2 heterocycles. The Labute approximate surface area is 108 Å². The van der Waals surface area contributed by atoms with Crippen LogP contribution in [-0.4, -0.2) is 44.8 Å². The van der Waals surface area contributed by atoms with Gasteiger partial charge in [-0.3, -0.25) is 14.3 Å². The molecule has 2 rings (SSSR count). The van der Waals surface area contributed by atoms with Crippen molar-refractivity contribution in [1.29, 1.82) is 0 Å². The molecule has 4 atom stereocenters. The maximum Gasteiger partial charge on any atom is 0.330 e. The molecule has 7 nitrogen and oxygen atoms in total. The van der Waals surface area contributed by atoms with Gasteiger partial charge in [0.15, 0.2) is 12.4 Å². The second kappa shape index (κ2) is 4.92. The number of H-pyrrole nitrogens is 1. The first kappa shape index (κ1) is 13.4. The molecular formula is C9H10BrFN2O5. The van der Waals surface area contributed by atoms with E-state index in [4.69, 9.17) is 9.84 Å². The summed E-state index contributed by atoms with van der Waals surface area (Å²) < 4.78 is 19.4. The van der Waals surface area contributed by atoms with Gasteiger partial charge in [0, 0.05) is 6.20 Å². The predicted molar refractivity (Wildman–Crippen MR) is 60.9 cm³/mol. The number of nitrogens with zero attached hydrogens (tertiary/aromatic N) is 1. The van der Waals surface area contributed by atoms with Crippen molar-refractivity contribution in [2.75, 3.05) is 6.61 Å². The van der Waals surface area contributed by atoms with Gasteiger partial charge in [-0.05, 0) is 15.9 Å². The van der Waals surface area contributed by atoms with Gasteiger partial charge in [-0.25, -0.2) is 9.18 Å². The molecule has 1 aromatic heterocycles. The zero-order valence-corrected chi connectivity index (χ0v) is 10.5. The Bertz CT molecular complexity index is 559. The van der Waals surface area contributed by atoms with Crippen LogP contribution in [0.3, 0.4) is 0 Å². The zero-order chi connectivity index (χ0) is 13.4. The van der Waals surface area contributed by atoms with Crippen LogP contribution in [0.25, 0.3) is 0 Å². The Morgan fingerprint density at radius 3 is 2.78 bits per heavy atom. The summed E-state index contributed by atoms with van der Waals surface area (Å²) in [6, 6.07) is 0. The molecule has 1 aliphatic heterocycles. The Balaban J connectivity index is 2.42. The highest BCUT2D eigenvalue weighted by atomic mass is 79.9. The van der Waals surface area contributed by atoms with Gasteiger partial charge in [0.1, 0.15) is 12.2 Å². The van der Waals surface area contributed by atoms with Crippen molar-refractivity contribution >= 4 is 15.9 Å². The van der Waals surface area contributed by atoms with Gasteiger partial charge < -0.3 is 14.9 Å². The lowest BCUT2D eigenvalue weighted by Crippen LogP contribution is -2.37. The molecule has 18 heavy (non-hydrogen) atoms. The van der Waals surface area contributed by atoms with Crippen molar-refractivity contribution in [3.05, 3.63) is 31.5 Å². The number of aliphatic hydroxyl groups is 2. The molecule has 3 N–H and O–H groups in total. The fourth-order valence-electron chi connectivity index (χ4n) is 1.74. The fraction of sp³-hybridized carbons (Fsp3) is 0.556. The van der Waals surface area contributed by atoms with E-state index in [0.717, 1.165) is 10.8 Å². The SMILES string of the molecule is O=c1[nH]c(=O)n([C@@H]2O[C@H](CO)[C@@H](F)[C@H]2O)cc1Br. The highest BCUT2D eigenvalue weighted by Crippen LogP contribution is 2.30. The molecule has 0 aliphatic carbocycles. The molecule has 0 saturated carbocycles. The molecule has 0 spiro atoms. The van der Waals surface area contributed by atoms with E-state index in [1.54, 1.807) is 0 Å². The fourth-order valence-corrected chi connectivity index (χ4v) is 2.06. The first-order valence-electron chi connectivity index (χ1n) is 5.05. The van der Waals surface area contributed by atoms with Crippen LogP contribution < -0.4 is 11.2 Å². The van der Waals surface area contributed by atoms with Gasteiger partial charge in [-0.2, -0.15) is 0 Å². The average molecular weight is 325 g/mol. The number of rotatable bonds is 2. The summed E-state index contributed by atoms with van der Waals surface area (Å²) in [5.74, 6) is 0. The van der Waals surface area contributed by atoms with Crippen LogP contribution in [0.15, 0.2) is 20.3 Å². The van der Waals surface area contributed by atoms with E-state index in [1.165, 1.54) is 0 Å². The van der Waals surface area contributed by atoms with Crippen molar-refractivity contribution in [1.82, 2.24) is 9.55 Å². The maximum atomic E-state index is 13.5. The second-order valence-corrected chi connectivity index (χ2v) is 4.68. The Hall–Kier alpha value is -1.03. The third kappa shape index (κ3) is 2.14. The minimum atomic E-state index is -1.81. The molecule has 1 fully saturated rings. The van der Waals surface area contributed by atoms with Gasteiger partial charge in [-0.1, -0.05) is 0 Å². The van der Waals surface area contributed by atoms with Crippen LogP contribution in [0, 0.1) is 0 Å².